The third-order valence-corrected chi connectivity index (χ3v) is 2.88. The number of carbonyl (C=O) groups is 2. The molecule has 1 heterocycles. The molecule has 0 fully saturated rings. The Morgan fingerprint density at radius 1 is 1.00 bits per heavy atom. The smallest absolute Gasteiger partial charge is 0.258 e. The maximum atomic E-state index is 11.7. The average molecular weight is 222 g/mol. The van der Waals surface area contributed by atoms with Gasteiger partial charge in [0.05, 0.1) is 11.6 Å². The van der Waals surface area contributed by atoms with Gasteiger partial charge < -0.3 is 0 Å². The lowest BCUT2D eigenvalue weighted by molar-refractivity contribution is 0.0845. The van der Waals surface area contributed by atoms with E-state index in [1.807, 2.05) is 0 Å². The fourth-order valence-corrected chi connectivity index (χ4v) is 2.12. The Bertz CT molecular complexity index is 706. The molecule has 2 amide bonds. The van der Waals surface area contributed by atoms with Gasteiger partial charge in [-0.05, 0) is 18.2 Å². The molecule has 4 heteroatoms. The fraction of sp³-hybridized carbons (Fsp3) is 0. The average Bonchev–Trinajstić information content (AvgIpc) is 2.35. The standard InChI is InChI=1S/C13H6N2O2/c14-6-7-4-5-10-11-8(7)2-1-3-9(11)12(16)15-13(10)17/h1-5H,(H,15,16,17). The summed E-state index contributed by atoms with van der Waals surface area (Å²) in [6.45, 7) is 0. The second-order valence-corrected chi connectivity index (χ2v) is 3.78. The Morgan fingerprint density at radius 3 is 2.41 bits per heavy atom. The van der Waals surface area contributed by atoms with Crippen molar-refractivity contribution in [1.82, 2.24) is 5.32 Å². The topological polar surface area (TPSA) is 70.0 Å². The molecule has 3 rings (SSSR count). The molecular weight excluding hydrogens is 216 g/mol. The van der Waals surface area contributed by atoms with Gasteiger partial charge in [-0.1, -0.05) is 12.1 Å². The molecule has 0 saturated heterocycles. The highest BCUT2D eigenvalue weighted by atomic mass is 16.2. The van der Waals surface area contributed by atoms with Gasteiger partial charge in [-0.25, -0.2) is 0 Å². The predicted molar refractivity (Wildman–Crippen MR) is 60.5 cm³/mol. The van der Waals surface area contributed by atoms with Crippen LogP contribution in [0.3, 0.4) is 0 Å². The van der Waals surface area contributed by atoms with Crippen molar-refractivity contribution in [2.24, 2.45) is 0 Å². The third-order valence-electron chi connectivity index (χ3n) is 2.88. The molecule has 1 aliphatic rings. The fourth-order valence-electron chi connectivity index (χ4n) is 2.12. The van der Waals surface area contributed by atoms with Crippen LogP contribution in [0.1, 0.15) is 26.3 Å². The van der Waals surface area contributed by atoms with Crippen molar-refractivity contribution in [3.8, 4) is 6.07 Å². The quantitative estimate of drug-likeness (QED) is 0.688. The van der Waals surface area contributed by atoms with E-state index >= 15 is 0 Å². The molecule has 1 N–H and O–H groups in total. The van der Waals surface area contributed by atoms with Crippen molar-refractivity contribution in [3.63, 3.8) is 0 Å². The van der Waals surface area contributed by atoms with Gasteiger partial charge in [0.15, 0.2) is 0 Å². The molecule has 0 aliphatic carbocycles. The van der Waals surface area contributed by atoms with Crippen molar-refractivity contribution in [1.29, 1.82) is 5.26 Å². The van der Waals surface area contributed by atoms with E-state index in [4.69, 9.17) is 5.26 Å². The normalized spacial score (nSPS) is 13.4. The number of nitrogens with zero attached hydrogens (tertiary/aromatic N) is 1. The first-order chi connectivity index (χ1) is 8.22. The predicted octanol–water partition coefficient (Wildman–Crippen LogP) is 1.60. The van der Waals surface area contributed by atoms with E-state index in [0.29, 0.717) is 27.5 Å². The van der Waals surface area contributed by atoms with Gasteiger partial charge in [-0.3, -0.25) is 14.9 Å². The van der Waals surface area contributed by atoms with Gasteiger partial charge in [0.1, 0.15) is 0 Å². The van der Waals surface area contributed by atoms with Crippen LogP contribution in [-0.4, -0.2) is 11.8 Å². The zero-order valence-corrected chi connectivity index (χ0v) is 8.65. The molecule has 17 heavy (non-hydrogen) atoms. The van der Waals surface area contributed by atoms with Crippen LogP contribution in [0.25, 0.3) is 10.8 Å². The number of nitrogens with one attached hydrogen (secondary N) is 1. The summed E-state index contributed by atoms with van der Waals surface area (Å²) in [7, 11) is 0. The molecule has 0 saturated carbocycles. The maximum absolute atomic E-state index is 11.7. The summed E-state index contributed by atoms with van der Waals surface area (Å²) in [5.41, 5.74) is 1.34. The molecule has 2 aromatic carbocycles. The second kappa shape index (κ2) is 3.16. The zero-order valence-electron chi connectivity index (χ0n) is 8.65. The first-order valence-electron chi connectivity index (χ1n) is 5.04. The zero-order chi connectivity index (χ0) is 12.0. The molecule has 0 aromatic heterocycles. The lowest BCUT2D eigenvalue weighted by atomic mass is 9.93. The number of carbonyl (C=O) groups excluding carboxylic acids is 2. The summed E-state index contributed by atoms with van der Waals surface area (Å²) < 4.78 is 0. The molecule has 0 spiro atoms. The van der Waals surface area contributed by atoms with Gasteiger partial charge >= 0.3 is 0 Å². The molecule has 2 aromatic rings. The van der Waals surface area contributed by atoms with Crippen molar-refractivity contribution in [3.05, 3.63) is 47.0 Å². The molecular formula is C13H6N2O2. The number of rotatable bonds is 0. The Balaban J connectivity index is 2.57. The van der Waals surface area contributed by atoms with E-state index in [2.05, 4.69) is 11.4 Å². The Hall–Kier alpha value is -2.67. The molecule has 1 aliphatic heterocycles. The van der Waals surface area contributed by atoms with Gasteiger partial charge in [0.2, 0.25) is 0 Å². The lowest BCUT2D eigenvalue weighted by Crippen LogP contribution is -2.34. The first kappa shape index (κ1) is 9.55. The highest BCUT2D eigenvalue weighted by molar-refractivity contribution is 6.26. The number of amides is 2. The number of imide groups is 1. The van der Waals surface area contributed by atoms with Gasteiger partial charge in [-0.15, -0.1) is 0 Å². The van der Waals surface area contributed by atoms with Gasteiger partial charge in [0, 0.05) is 21.9 Å². The third kappa shape index (κ3) is 1.16. The summed E-state index contributed by atoms with van der Waals surface area (Å²) in [5, 5.41) is 12.5. The molecule has 0 unspecified atom stereocenters. The first-order valence-corrected chi connectivity index (χ1v) is 5.04. The van der Waals surface area contributed by atoms with E-state index in [-0.39, 0.29) is 0 Å². The minimum absolute atomic E-state index is 0.414. The lowest BCUT2D eigenvalue weighted by Gasteiger charge is -2.16. The molecule has 0 atom stereocenters. The van der Waals surface area contributed by atoms with Crippen molar-refractivity contribution >= 4 is 22.6 Å². The second-order valence-electron chi connectivity index (χ2n) is 3.78. The van der Waals surface area contributed by atoms with Gasteiger partial charge in [-0.2, -0.15) is 5.26 Å². The largest absolute Gasteiger partial charge is 0.288 e. The van der Waals surface area contributed by atoms with E-state index in [9.17, 15) is 9.59 Å². The van der Waals surface area contributed by atoms with Crippen LogP contribution in [0, 0.1) is 11.3 Å². The molecule has 0 bridgehead atoms. The van der Waals surface area contributed by atoms with E-state index in [1.165, 1.54) is 0 Å². The van der Waals surface area contributed by atoms with Crippen LogP contribution in [0.4, 0.5) is 0 Å². The molecule has 4 nitrogen and oxygen atoms in total. The van der Waals surface area contributed by atoms with Crippen LogP contribution in [0.15, 0.2) is 30.3 Å². The van der Waals surface area contributed by atoms with Crippen LogP contribution in [-0.2, 0) is 0 Å². The summed E-state index contributed by atoms with van der Waals surface area (Å²) in [6.07, 6.45) is 0. The van der Waals surface area contributed by atoms with Gasteiger partial charge in [0.25, 0.3) is 11.8 Å². The summed E-state index contributed by atoms with van der Waals surface area (Å²) in [6, 6.07) is 10.3. The van der Waals surface area contributed by atoms with Crippen molar-refractivity contribution in [2.45, 2.75) is 0 Å². The molecule has 0 radical (unpaired) electrons. The highest BCUT2D eigenvalue weighted by Crippen LogP contribution is 2.28. The summed E-state index contributed by atoms with van der Waals surface area (Å²) in [4.78, 5) is 23.3. The minimum Gasteiger partial charge on any atom is -0.288 e. The summed E-state index contributed by atoms with van der Waals surface area (Å²) in [5.74, 6) is -0.827. The van der Waals surface area contributed by atoms with E-state index in [0.717, 1.165) is 0 Å². The number of benzene rings is 2. The van der Waals surface area contributed by atoms with Crippen LogP contribution in [0.2, 0.25) is 0 Å². The van der Waals surface area contributed by atoms with E-state index < -0.39 is 11.8 Å². The van der Waals surface area contributed by atoms with E-state index in [1.54, 1.807) is 30.3 Å². The number of hydrogen-bond donors (Lipinski definition) is 1. The molecule has 80 valence electrons. The minimum atomic E-state index is -0.414. The Labute approximate surface area is 96.5 Å². The van der Waals surface area contributed by atoms with Crippen LogP contribution < -0.4 is 5.32 Å². The monoisotopic (exact) mass is 222 g/mol. The van der Waals surface area contributed by atoms with Crippen LogP contribution in [0.5, 0.6) is 0 Å². The Morgan fingerprint density at radius 2 is 1.71 bits per heavy atom. The Kier molecular flexibility index (Phi) is 1.77. The number of hydrogen-bond acceptors (Lipinski definition) is 3. The number of nitriles is 1. The van der Waals surface area contributed by atoms with Crippen LogP contribution >= 0.6 is 0 Å². The highest BCUT2D eigenvalue weighted by Gasteiger charge is 2.25. The SMILES string of the molecule is N#Cc1ccc2c3c(cccc13)C(=O)NC2=O. The summed E-state index contributed by atoms with van der Waals surface area (Å²) >= 11 is 0. The van der Waals surface area contributed by atoms with Crippen molar-refractivity contribution in [2.75, 3.05) is 0 Å². The van der Waals surface area contributed by atoms with Crippen molar-refractivity contribution < 1.29 is 9.59 Å². The maximum Gasteiger partial charge on any atom is 0.258 e.